The van der Waals surface area contributed by atoms with Crippen LogP contribution in [0, 0.1) is 0 Å². The number of fused-ring (bicyclic) bond motifs is 1. The quantitative estimate of drug-likeness (QED) is 0.522. The van der Waals surface area contributed by atoms with Crippen molar-refractivity contribution in [1.82, 2.24) is 4.98 Å². The molecular formula is C22H23ClN2O4. The van der Waals surface area contributed by atoms with Gasteiger partial charge in [0.05, 0.1) is 12.8 Å². The average molecular weight is 415 g/mol. The zero-order valence-corrected chi connectivity index (χ0v) is 17.1. The number of aromatic amines is 1. The minimum absolute atomic E-state index is 0.234. The molecule has 152 valence electrons. The summed E-state index contributed by atoms with van der Waals surface area (Å²) in [6, 6.07) is 12.9. The number of nitrogens with one attached hydrogen (secondary N) is 2. The number of ether oxygens (including phenoxy) is 2. The zero-order valence-electron chi connectivity index (χ0n) is 16.3. The van der Waals surface area contributed by atoms with Crippen LogP contribution in [0.1, 0.15) is 25.3 Å². The summed E-state index contributed by atoms with van der Waals surface area (Å²) in [5.41, 5.74) is 2.66. The molecule has 0 fully saturated rings. The number of para-hydroxylation sites is 1. The smallest absolute Gasteiger partial charge is 0.306 e. The zero-order chi connectivity index (χ0) is 20.8. The second kappa shape index (κ2) is 9.47. The lowest BCUT2D eigenvalue weighted by atomic mass is 10.1. The molecule has 1 amide bonds. The molecule has 3 aromatic rings. The van der Waals surface area contributed by atoms with E-state index in [-0.39, 0.29) is 6.42 Å². The molecule has 0 aliphatic heterocycles. The van der Waals surface area contributed by atoms with Crippen molar-refractivity contribution in [2.75, 3.05) is 12.4 Å². The van der Waals surface area contributed by atoms with Gasteiger partial charge in [0.15, 0.2) is 6.10 Å². The van der Waals surface area contributed by atoms with Crippen molar-refractivity contribution in [2.24, 2.45) is 0 Å². The standard InChI is InChI=1S/C22H23ClN2O4/c1-14(22(27)25-19-12-16(23)10-11-20(19)28-2)29-21(26)9-5-6-15-13-24-18-8-4-3-7-17(15)18/h3-4,7-8,10-14,24H,5-6,9H2,1-2H3,(H,25,27)/t14-/m1/s1. The van der Waals surface area contributed by atoms with Crippen LogP contribution in [0.25, 0.3) is 10.9 Å². The Morgan fingerprint density at radius 1 is 1.21 bits per heavy atom. The van der Waals surface area contributed by atoms with Crippen LogP contribution in [-0.4, -0.2) is 30.1 Å². The number of carbonyl (C=O) groups is 2. The van der Waals surface area contributed by atoms with E-state index in [9.17, 15) is 9.59 Å². The topological polar surface area (TPSA) is 80.4 Å². The van der Waals surface area contributed by atoms with Crippen molar-refractivity contribution in [1.29, 1.82) is 0 Å². The molecule has 29 heavy (non-hydrogen) atoms. The van der Waals surface area contributed by atoms with E-state index in [0.717, 1.165) is 22.9 Å². The Morgan fingerprint density at radius 3 is 2.79 bits per heavy atom. The van der Waals surface area contributed by atoms with E-state index >= 15 is 0 Å². The summed E-state index contributed by atoms with van der Waals surface area (Å²) in [7, 11) is 1.50. The van der Waals surface area contributed by atoms with Gasteiger partial charge in [-0.3, -0.25) is 9.59 Å². The fourth-order valence-electron chi connectivity index (χ4n) is 3.08. The minimum atomic E-state index is -0.931. The number of hydrogen-bond donors (Lipinski definition) is 2. The van der Waals surface area contributed by atoms with E-state index in [1.54, 1.807) is 18.2 Å². The lowest BCUT2D eigenvalue weighted by molar-refractivity contribution is -0.153. The van der Waals surface area contributed by atoms with Gasteiger partial charge < -0.3 is 19.8 Å². The number of rotatable bonds is 8. The van der Waals surface area contributed by atoms with Crippen molar-refractivity contribution in [3.05, 3.63) is 59.2 Å². The molecule has 0 radical (unpaired) electrons. The number of hydrogen-bond acceptors (Lipinski definition) is 4. The third-order valence-electron chi connectivity index (χ3n) is 4.60. The van der Waals surface area contributed by atoms with Gasteiger partial charge in [0.25, 0.3) is 5.91 Å². The summed E-state index contributed by atoms with van der Waals surface area (Å²) >= 11 is 5.96. The lowest BCUT2D eigenvalue weighted by Crippen LogP contribution is -2.30. The van der Waals surface area contributed by atoms with Gasteiger partial charge in [-0.15, -0.1) is 0 Å². The monoisotopic (exact) mass is 414 g/mol. The highest BCUT2D eigenvalue weighted by Crippen LogP contribution is 2.28. The van der Waals surface area contributed by atoms with Crippen LogP contribution in [0.3, 0.4) is 0 Å². The highest BCUT2D eigenvalue weighted by atomic mass is 35.5. The molecular weight excluding hydrogens is 392 g/mol. The molecule has 1 aromatic heterocycles. The van der Waals surface area contributed by atoms with E-state index in [0.29, 0.717) is 22.9 Å². The molecule has 0 unspecified atom stereocenters. The van der Waals surface area contributed by atoms with E-state index in [2.05, 4.69) is 16.4 Å². The summed E-state index contributed by atoms with van der Waals surface area (Å²) in [6.07, 6.45) is 2.65. The molecule has 3 rings (SSSR count). The number of carbonyl (C=O) groups excluding carboxylic acids is 2. The van der Waals surface area contributed by atoms with Gasteiger partial charge in [-0.2, -0.15) is 0 Å². The van der Waals surface area contributed by atoms with Crippen molar-refractivity contribution in [2.45, 2.75) is 32.3 Å². The largest absolute Gasteiger partial charge is 0.495 e. The second-order valence-electron chi connectivity index (χ2n) is 6.68. The molecule has 2 N–H and O–H groups in total. The molecule has 1 atom stereocenters. The Kier molecular flexibility index (Phi) is 6.77. The third-order valence-corrected chi connectivity index (χ3v) is 4.83. The lowest BCUT2D eigenvalue weighted by Gasteiger charge is -2.15. The second-order valence-corrected chi connectivity index (χ2v) is 7.12. The number of aryl methyl sites for hydroxylation is 1. The number of H-pyrrole nitrogens is 1. The molecule has 0 bridgehead atoms. The first-order valence-corrected chi connectivity index (χ1v) is 9.74. The van der Waals surface area contributed by atoms with Gasteiger partial charge >= 0.3 is 5.97 Å². The number of aromatic nitrogens is 1. The van der Waals surface area contributed by atoms with Crippen LogP contribution < -0.4 is 10.1 Å². The van der Waals surface area contributed by atoms with Crippen molar-refractivity contribution in [3.8, 4) is 5.75 Å². The first-order valence-electron chi connectivity index (χ1n) is 9.37. The van der Waals surface area contributed by atoms with Crippen LogP contribution in [-0.2, 0) is 20.7 Å². The van der Waals surface area contributed by atoms with E-state index < -0.39 is 18.0 Å². The number of amides is 1. The fourth-order valence-corrected chi connectivity index (χ4v) is 3.26. The van der Waals surface area contributed by atoms with Crippen LogP contribution in [0.4, 0.5) is 5.69 Å². The maximum atomic E-state index is 12.3. The maximum absolute atomic E-state index is 12.3. The van der Waals surface area contributed by atoms with Gasteiger partial charge in [0.2, 0.25) is 0 Å². The van der Waals surface area contributed by atoms with Gasteiger partial charge in [-0.25, -0.2) is 0 Å². The Labute approximate surface area is 174 Å². The summed E-state index contributed by atoms with van der Waals surface area (Å²) in [4.78, 5) is 27.7. The van der Waals surface area contributed by atoms with Crippen molar-refractivity contribution < 1.29 is 19.1 Å². The Balaban J connectivity index is 1.48. The van der Waals surface area contributed by atoms with Crippen LogP contribution in [0.2, 0.25) is 5.02 Å². The number of anilines is 1. The Hall–Kier alpha value is -2.99. The molecule has 0 aliphatic carbocycles. The molecule has 2 aromatic carbocycles. The van der Waals surface area contributed by atoms with Crippen molar-refractivity contribution >= 4 is 40.1 Å². The first kappa shape index (κ1) is 20.7. The average Bonchev–Trinajstić information content (AvgIpc) is 3.11. The number of esters is 1. The number of halogens is 1. The summed E-state index contributed by atoms with van der Waals surface area (Å²) < 4.78 is 10.5. The van der Waals surface area contributed by atoms with E-state index in [1.807, 2.05) is 24.4 Å². The Morgan fingerprint density at radius 2 is 2.00 bits per heavy atom. The van der Waals surface area contributed by atoms with Gasteiger partial charge in [-0.1, -0.05) is 29.8 Å². The van der Waals surface area contributed by atoms with Gasteiger partial charge in [0, 0.05) is 28.5 Å². The molecule has 0 spiro atoms. The van der Waals surface area contributed by atoms with E-state index in [4.69, 9.17) is 21.1 Å². The fraction of sp³-hybridized carbons (Fsp3) is 0.273. The first-order chi connectivity index (χ1) is 14.0. The number of benzene rings is 2. The molecule has 7 heteroatoms. The van der Waals surface area contributed by atoms with Gasteiger partial charge in [-0.05, 0) is 49.6 Å². The highest BCUT2D eigenvalue weighted by Gasteiger charge is 2.19. The third kappa shape index (κ3) is 5.29. The number of methoxy groups -OCH3 is 1. The molecule has 0 saturated carbocycles. The van der Waals surface area contributed by atoms with Crippen molar-refractivity contribution in [3.63, 3.8) is 0 Å². The molecule has 6 nitrogen and oxygen atoms in total. The van der Waals surface area contributed by atoms with Gasteiger partial charge in [0.1, 0.15) is 5.75 Å². The summed E-state index contributed by atoms with van der Waals surface area (Å²) in [5.74, 6) is -0.388. The molecule has 1 heterocycles. The SMILES string of the molecule is COc1ccc(Cl)cc1NC(=O)[C@@H](C)OC(=O)CCCc1c[nH]c2ccccc12. The summed E-state index contributed by atoms with van der Waals surface area (Å²) in [6.45, 7) is 1.53. The molecule has 0 saturated heterocycles. The summed E-state index contributed by atoms with van der Waals surface area (Å²) in [5, 5.41) is 4.29. The predicted octanol–water partition coefficient (Wildman–Crippen LogP) is 4.72. The predicted molar refractivity (Wildman–Crippen MR) is 113 cm³/mol. The molecule has 0 aliphatic rings. The maximum Gasteiger partial charge on any atom is 0.306 e. The minimum Gasteiger partial charge on any atom is -0.495 e. The van der Waals surface area contributed by atoms with Crippen LogP contribution in [0.5, 0.6) is 5.75 Å². The normalized spacial score (nSPS) is 11.8. The highest BCUT2D eigenvalue weighted by molar-refractivity contribution is 6.31. The van der Waals surface area contributed by atoms with Crippen LogP contribution >= 0.6 is 11.6 Å². The Bertz CT molecular complexity index is 1010. The van der Waals surface area contributed by atoms with Crippen LogP contribution in [0.15, 0.2) is 48.7 Å². The van der Waals surface area contributed by atoms with E-state index in [1.165, 1.54) is 14.0 Å².